The zero-order chi connectivity index (χ0) is 12.3. The molecule has 2 rings (SSSR count). The standard InChI is InChI=1S/C12H17N3O2/c1-8-15-11-4-9(2-3-12(11)17-8)6-14-7-10(16)5-13/h2-4,10,14,16H,5-7,13H2,1H3. The number of aliphatic hydroxyl groups is 1. The van der Waals surface area contributed by atoms with E-state index in [4.69, 9.17) is 10.2 Å². The molecule has 1 heterocycles. The van der Waals surface area contributed by atoms with E-state index in [1.807, 2.05) is 25.1 Å². The Morgan fingerprint density at radius 2 is 2.35 bits per heavy atom. The Kier molecular flexibility index (Phi) is 3.73. The van der Waals surface area contributed by atoms with Gasteiger partial charge < -0.3 is 20.6 Å². The third-order valence-electron chi connectivity index (χ3n) is 2.54. The Morgan fingerprint density at radius 3 is 3.12 bits per heavy atom. The lowest BCUT2D eigenvalue weighted by molar-refractivity contribution is 0.179. The SMILES string of the molecule is Cc1nc2cc(CNCC(O)CN)ccc2o1. The van der Waals surface area contributed by atoms with Gasteiger partial charge >= 0.3 is 0 Å². The summed E-state index contributed by atoms with van der Waals surface area (Å²) in [4.78, 5) is 4.27. The zero-order valence-electron chi connectivity index (χ0n) is 9.81. The van der Waals surface area contributed by atoms with Crippen LogP contribution in [0.4, 0.5) is 0 Å². The Hall–Kier alpha value is -1.43. The van der Waals surface area contributed by atoms with Gasteiger partial charge in [0, 0.05) is 26.6 Å². The summed E-state index contributed by atoms with van der Waals surface area (Å²) in [5.41, 5.74) is 8.08. The van der Waals surface area contributed by atoms with Crippen LogP contribution < -0.4 is 11.1 Å². The molecule has 0 aliphatic rings. The van der Waals surface area contributed by atoms with Gasteiger partial charge in [0.2, 0.25) is 0 Å². The highest BCUT2D eigenvalue weighted by Crippen LogP contribution is 2.16. The van der Waals surface area contributed by atoms with Crippen LogP contribution in [0.25, 0.3) is 11.1 Å². The third-order valence-corrected chi connectivity index (χ3v) is 2.54. The molecule has 0 bridgehead atoms. The first-order valence-electron chi connectivity index (χ1n) is 5.64. The minimum atomic E-state index is -0.493. The quantitative estimate of drug-likeness (QED) is 0.704. The zero-order valence-corrected chi connectivity index (χ0v) is 9.81. The maximum Gasteiger partial charge on any atom is 0.192 e. The number of rotatable bonds is 5. The monoisotopic (exact) mass is 235 g/mol. The predicted octanol–water partition coefficient (Wildman–Crippen LogP) is 0.545. The van der Waals surface area contributed by atoms with E-state index in [2.05, 4.69) is 10.3 Å². The van der Waals surface area contributed by atoms with Gasteiger partial charge in [-0.25, -0.2) is 4.98 Å². The Morgan fingerprint density at radius 1 is 1.53 bits per heavy atom. The molecule has 0 spiro atoms. The van der Waals surface area contributed by atoms with Crippen LogP contribution in [0, 0.1) is 6.92 Å². The van der Waals surface area contributed by atoms with Gasteiger partial charge in [0.1, 0.15) is 5.52 Å². The van der Waals surface area contributed by atoms with Crippen molar-refractivity contribution in [3.63, 3.8) is 0 Å². The minimum Gasteiger partial charge on any atom is -0.441 e. The molecule has 0 aliphatic carbocycles. The van der Waals surface area contributed by atoms with Gasteiger partial charge in [-0.3, -0.25) is 0 Å². The van der Waals surface area contributed by atoms with Crippen molar-refractivity contribution < 1.29 is 9.52 Å². The van der Waals surface area contributed by atoms with Gasteiger partial charge in [-0.2, -0.15) is 0 Å². The first-order chi connectivity index (χ1) is 8.19. The lowest BCUT2D eigenvalue weighted by Gasteiger charge is -2.08. The van der Waals surface area contributed by atoms with Gasteiger partial charge in [-0.1, -0.05) is 6.07 Å². The number of nitrogens with two attached hydrogens (primary N) is 1. The second-order valence-corrected chi connectivity index (χ2v) is 4.06. The van der Waals surface area contributed by atoms with Crippen LogP contribution in [0.1, 0.15) is 11.5 Å². The van der Waals surface area contributed by atoms with Crippen molar-refractivity contribution in [3.8, 4) is 0 Å². The number of aliphatic hydroxyl groups excluding tert-OH is 1. The molecular formula is C12H17N3O2. The molecule has 1 atom stereocenters. The fourth-order valence-electron chi connectivity index (χ4n) is 1.66. The largest absolute Gasteiger partial charge is 0.441 e. The Bertz CT molecular complexity index is 495. The van der Waals surface area contributed by atoms with E-state index in [1.54, 1.807) is 0 Å². The summed E-state index contributed by atoms with van der Waals surface area (Å²) >= 11 is 0. The molecule has 2 aromatic rings. The molecule has 92 valence electrons. The summed E-state index contributed by atoms with van der Waals surface area (Å²) in [6.07, 6.45) is -0.493. The van der Waals surface area contributed by atoms with Crippen LogP contribution in [0.15, 0.2) is 22.6 Å². The van der Waals surface area contributed by atoms with Gasteiger partial charge in [-0.15, -0.1) is 0 Å². The maximum atomic E-state index is 9.30. The highest BCUT2D eigenvalue weighted by Gasteiger charge is 2.04. The van der Waals surface area contributed by atoms with Gasteiger partial charge in [0.05, 0.1) is 6.10 Å². The summed E-state index contributed by atoms with van der Waals surface area (Å²) in [6.45, 7) is 3.27. The van der Waals surface area contributed by atoms with E-state index in [-0.39, 0.29) is 6.54 Å². The van der Waals surface area contributed by atoms with E-state index in [1.165, 1.54) is 0 Å². The van der Waals surface area contributed by atoms with Gasteiger partial charge in [0.25, 0.3) is 0 Å². The summed E-state index contributed by atoms with van der Waals surface area (Å²) in [5.74, 6) is 0.670. The van der Waals surface area contributed by atoms with Gasteiger partial charge in [0.15, 0.2) is 11.5 Å². The van der Waals surface area contributed by atoms with E-state index >= 15 is 0 Å². The van der Waals surface area contributed by atoms with Crippen LogP contribution in [-0.4, -0.2) is 29.3 Å². The minimum absolute atomic E-state index is 0.272. The molecule has 17 heavy (non-hydrogen) atoms. The molecule has 0 amide bonds. The van der Waals surface area contributed by atoms with E-state index < -0.39 is 6.10 Å². The molecule has 5 nitrogen and oxygen atoms in total. The van der Waals surface area contributed by atoms with Crippen LogP contribution in [0.5, 0.6) is 0 Å². The summed E-state index contributed by atoms with van der Waals surface area (Å²) in [7, 11) is 0. The van der Waals surface area contributed by atoms with Crippen LogP contribution in [-0.2, 0) is 6.54 Å². The van der Waals surface area contributed by atoms with Crippen molar-refractivity contribution >= 4 is 11.1 Å². The fraction of sp³-hybridized carbons (Fsp3) is 0.417. The lowest BCUT2D eigenvalue weighted by Crippen LogP contribution is -2.32. The highest BCUT2D eigenvalue weighted by atomic mass is 16.3. The molecule has 5 heteroatoms. The number of nitrogens with zero attached hydrogens (tertiary/aromatic N) is 1. The first-order valence-corrected chi connectivity index (χ1v) is 5.64. The number of hydrogen-bond acceptors (Lipinski definition) is 5. The third kappa shape index (κ3) is 3.03. The number of oxazole rings is 1. The average molecular weight is 235 g/mol. The van der Waals surface area contributed by atoms with Crippen molar-refractivity contribution in [2.24, 2.45) is 5.73 Å². The topological polar surface area (TPSA) is 84.3 Å². The van der Waals surface area contributed by atoms with Crippen molar-refractivity contribution in [1.29, 1.82) is 0 Å². The average Bonchev–Trinajstić information content (AvgIpc) is 2.68. The van der Waals surface area contributed by atoms with E-state index in [9.17, 15) is 5.11 Å². The van der Waals surface area contributed by atoms with Crippen molar-refractivity contribution in [2.75, 3.05) is 13.1 Å². The molecule has 4 N–H and O–H groups in total. The second kappa shape index (κ2) is 5.27. The molecule has 0 radical (unpaired) electrons. The smallest absolute Gasteiger partial charge is 0.192 e. The van der Waals surface area contributed by atoms with Crippen molar-refractivity contribution in [3.05, 3.63) is 29.7 Å². The molecule has 1 aromatic carbocycles. The molecule has 0 aliphatic heterocycles. The van der Waals surface area contributed by atoms with Gasteiger partial charge in [-0.05, 0) is 17.7 Å². The normalized spacial score (nSPS) is 13.1. The summed E-state index contributed by atoms with van der Waals surface area (Å²) in [6, 6.07) is 5.87. The maximum absolute atomic E-state index is 9.30. The lowest BCUT2D eigenvalue weighted by atomic mass is 10.2. The molecular weight excluding hydrogens is 218 g/mol. The molecule has 0 saturated heterocycles. The molecule has 0 fully saturated rings. The summed E-state index contributed by atoms with van der Waals surface area (Å²) < 4.78 is 5.39. The first kappa shape index (κ1) is 12.0. The molecule has 1 aromatic heterocycles. The van der Waals surface area contributed by atoms with E-state index in [0.717, 1.165) is 16.7 Å². The number of aryl methyl sites for hydroxylation is 1. The number of hydrogen-bond donors (Lipinski definition) is 3. The van der Waals surface area contributed by atoms with Crippen molar-refractivity contribution in [1.82, 2.24) is 10.3 Å². The van der Waals surface area contributed by atoms with Crippen molar-refractivity contribution in [2.45, 2.75) is 19.6 Å². The predicted molar refractivity (Wildman–Crippen MR) is 65.5 cm³/mol. The number of fused-ring (bicyclic) bond motifs is 1. The summed E-state index contributed by atoms with van der Waals surface area (Å²) in [5, 5.41) is 12.4. The van der Waals surface area contributed by atoms with Crippen LogP contribution in [0.3, 0.4) is 0 Å². The molecule has 0 saturated carbocycles. The van der Waals surface area contributed by atoms with E-state index in [0.29, 0.717) is 19.0 Å². The Balaban J connectivity index is 1.99. The number of benzene rings is 1. The Labute approximate surface area is 99.6 Å². The number of aromatic nitrogens is 1. The molecule has 1 unspecified atom stereocenters. The fourth-order valence-corrected chi connectivity index (χ4v) is 1.66. The second-order valence-electron chi connectivity index (χ2n) is 4.06. The highest BCUT2D eigenvalue weighted by molar-refractivity contribution is 5.73. The van der Waals surface area contributed by atoms with Crippen LogP contribution >= 0.6 is 0 Å². The number of nitrogens with one attached hydrogen (secondary N) is 1. The van der Waals surface area contributed by atoms with Crippen LogP contribution in [0.2, 0.25) is 0 Å².